The van der Waals surface area contributed by atoms with Crippen molar-refractivity contribution in [3.05, 3.63) is 35.0 Å². The predicted molar refractivity (Wildman–Crippen MR) is 72.5 cm³/mol. The molecule has 17 heavy (non-hydrogen) atoms. The van der Waals surface area contributed by atoms with Crippen LogP contribution in [-0.2, 0) is 12.8 Å². The molecule has 1 unspecified atom stereocenters. The smallest absolute Gasteiger partial charge is 0.0461 e. The highest BCUT2D eigenvalue weighted by Gasteiger charge is 2.21. The molecule has 0 saturated carbocycles. The molecule has 1 heterocycles. The molecular weight excluding hydrogens is 208 g/mol. The number of hydrogen-bond acceptors (Lipinski definition) is 1. The average Bonchev–Trinajstić information content (AvgIpc) is 2.66. The second kappa shape index (κ2) is 4.19. The molecule has 2 nitrogen and oxygen atoms in total. The van der Waals surface area contributed by atoms with E-state index in [0.717, 1.165) is 12.5 Å². The molecule has 0 spiro atoms. The summed E-state index contributed by atoms with van der Waals surface area (Å²) in [7, 11) is 2.05. The molecule has 0 radical (unpaired) electrons. The van der Waals surface area contributed by atoms with Gasteiger partial charge < -0.3 is 10.3 Å². The maximum absolute atomic E-state index is 3.60. The summed E-state index contributed by atoms with van der Waals surface area (Å²) in [4.78, 5) is 3.60. The number of rotatable bonds is 2. The summed E-state index contributed by atoms with van der Waals surface area (Å²) >= 11 is 0. The van der Waals surface area contributed by atoms with Gasteiger partial charge in [0.25, 0.3) is 0 Å². The van der Waals surface area contributed by atoms with E-state index in [1.54, 1.807) is 5.56 Å². The lowest BCUT2D eigenvalue weighted by Crippen LogP contribution is -2.24. The second-order valence-corrected chi connectivity index (χ2v) is 5.30. The minimum Gasteiger partial charge on any atom is -0.358 e. The van der Waals surface area contributed by atoms with Crippen molar-refractivity contribution in [1.29, 1.82) is 0 Å². The van der Waals surface area contributed by atoms with Crippen LogP contribution in [0.15, 0.2) is 18.2 Å². The van der Waals surface area contributed by atoms with Gasteiger partial charge in [-0.25, -0.2) is 0 Å². The third-order valence-corrected chi connectivity index (χ3v) is 3.94. The first kappa shape index (κ1) is 10.8. The van der Waals surface area contributed by atoms with Crippen LogP contribution in [0.25, 0.3) is 10.9 Å². The average molecular weight is 228 g/mol. The van der Waals surface area contributed by atoms with Gasteiger partial charge in [-0.05, 0) is 62.9 Å². The van der Waals surface area contributed by atoms with Gasteiger partial charge in [0.2, 0.25) is 0 Å². The first-order valence-electron chi connectivity index (χ1n) is 6.52. The van der Waals surface area contributed by atoms with Crippen LogP contribution in [0.4, 0.5) is 0 Å². The van der Waals surface area contributed by atoms with Crippen molar-refractivity contribution < 1.29 is 0 Å². The van der Waals surface area contributed by atoms with E-state index >= 15 is 0 Å². The lowest BCUT2D eigenvalue weighted by Gasteiger charge is -2.22. The van der Waals surface area contributed by atoms with Crippen LogP contribution in [0, 0.1) is 12.8 Å². The summed E-state index contributed by atoms with van der Waals surface area (Å²) in [6.07, 6.45) is 3.73. The van der Waals surface area contributed by atoms with Gasteiger partial charge in [-0.1, -0.05) is 12.1 Å². The minimum atomic E-state index is 0.799. The van der Waals surface area contributed by atoms with Crippen molar-refractivity contribution in [2.45, 2.75) is 26.2 Å². The van der Waals surface area contributed by atoms with Crippen LogP contribution in [-0.4, -0.2) is 18.6 Å². The number of benzene rings is 1. The highest BCUT2D eigenvalue weighted by Crippen LogP contribution is 2.31. The van der Waals surface area contributed by atoms with Crippen LogP contribution in [0.5, 0.6) is 0 Å². The third-order valence-electron chi connectivity index (χ3n) is 3.94. The van der Waals surface area contributed by atoms with E-state index in [2.05, 4.69) is 35.4 Å². The van der Waals surface area contributed by atoms with E-state index in [1.165, 1.54) is 41.4 Å². The van der Waals surface area contributed by atoms with Crippen LogP contribution < -0.4 is 5.32 Å². The molecule has 0 fully saturated rings. The van der Waals surface area contributed by atoms with Gasteiger partial charge in [0, 0.05) is 16.6 Å². The van der Waals surface area contributed by atoms with E-state index in [4.69, 9.17) is 0 Å². The Morgan fingerprint density at radius 3 is 3.12 bits per heavy atom. The summed E-state index contributed by atoms with van der Waals surface area (Å²) < 4.78 is 0. The summed E-state index contributed by atoms with van der Waals surface area (Å²) in [5, 5.41) is 4.74. The highest BCUT2D eigenvalue weighted by molar-refractivity contribution is 5.85. The zero-order chi connectivity index (χ0) is 11.8. The monoisotopic (exact) mass is 228 g/mol. The lowest BCUT2D eigenvalue weighted by molar-refractivity contribution is 0.439. The zero-order valence-corrected chi connectivity index (χ0v) is 10.6. The minimum absolute atomic E-state index is 0.799. The molecule has 2 aromatic rings. The number of H-pyrrole nitrogens is 1. The van der Waals surface area contributed by atoms with Crippen molar-refractivity contribution >= 4 is 10.9 Å². The molecule has 0 bridgehead atoms. The van der Waals surface area contributed by atoms with Crippen molar-refractivity contribution in [3.63, 3.8) is 0 Å². The normalized spacial score (nSPS) is 19.5. The lowest BCUT2D eigenvalue weighted by atomic mass is 9.86. The maximum Gasteiger partial charge on any atom is 0.0461 e. The molecule has 1 atom stereocenters. The number of nitrogens with one attached hydrogen (secondary N) is 2. The maximum atomic E-state index is 3.60. The summed E-state index contributed by atoms with van der Waals surface area (Å²) in [5.74, 6) is 0.799. The highest BCUT2D eigenvalue weighted by atomic mass is 14.8. The molecule has 1 aliphatic carbocycles. The summed E-state index contributed by atoms with van der Waals surface area (Å²) in [5.41, 5.74) is 5.69. The van der Waals surface area contributed by atoms with Crippen LogP contribution >= 0.6 is 0 Å². The Labute approximate surface area is 102 Å². The number of aromatic nitrogens is 1. The zero-order valence-electron chi connectivity index (χ0n) is 10.6. The number of hydrogen-bond donors (Lipinski definition) is 2. The van der Waals surface area contributed by atoms with Gasteiger partial charge in [-0.15, -0.1) is 0 Å². The molecule has 90 valence electrons. The van der Waals surface area contributed by atoms with E-state index in [1.807, 2.05) is 7.05 Å². The Morgan fingerprint density at radius 2 is 2.29 bits per heavy atom. The van der Waals surface area contributed by atoms with E-state index in [0.29, 0.717) is 0 Å². The van der Waals surface area contributed by atoms with Gasteiger partial charge in [-0.3, -0.25) is 0 Å². The second-order valence-electron chi connectivity index (χ2n) is 5.30. The van der Waals surface area contributed by atoms with Crippen LogP contribution in [0.1, 0.15) is 23.2 Å². The van der Waals surface area contributed by atoms with Gasteiger partial charge in [0.15, 0.2) is 0 Å². The molecule has 0 saturated heterocycles. The Hall–Kier alpha value is -1.28. The van der Waals surface area contributed by atoms with E-state index < -0.39 is 0 Å². The van der Waals surface area contributed by atoms with Gasteiger partial charge >= 0.3 is 0 Å². The first-order valence-corrected chi connectivity index (χ1v) is 6.52. The SMILES string of the molecule is CNCC1CCc2[nH]c3cc(C)ccc3c2C1. The standard InChI is InChI=1S/C15H20N2/c1-10-3-5-12-13-8-11(9-16-2)4-6-14(13)17-15(12)7-10/h3,5,7,11,16-17H,4,6,8-9H2,1-2H3. The molecule has 1 aromatic carbocycles. The Morgan fingerprint density at radius 1 is 1.41 bits per heavy atom. The Bertz CT molecular complexity index is 539. The van der Waals surface area contributed by atoms with Gasteiger partial charge in [0.1, 0.15) is 0 Å². The molecule has 2 heteroatoms. The summed E-state index contributed by atoms with van der Waals surface area (Å²) in [6.45, 7) is 3.29. The van der Waals surface area contributed by atoms with Crippen LogP contribution in [0.3, 0.4) is 0 Å². The fourth-order valence-corrected chi connectivity index (χ4v) is 3.07. The van der Waals surface area contributed by atoms with Crippen molar-refractivity contribution in [2.24, 2.45) is 5.92 Å². The number of aromatic amines is 1. The number of fused-ring (bicyclic) bond motifs is 3. The quantitative estimate of drug-likeness (QED) is 0.812. The molecule has 1 aliphatic rings. The van der Waals surface area contributed by atoms with Crippen molar-refractivity contribution in [1.82, 2.24) is 10.3 Å². The molecule has 0 amide bonds. The van der Waals surface area contributed by atoms with Crippen molar-refractivity contribution in [3.8, 4) is 0 Å². The topological polar surface area (TPSA) is 27.8 Å². The van der Waals surface area contributed by atoms with Gasteiger partial charge in [-0.2, -0.15) is 0 Å². The molecule has 0 aliphatic heterocycles. The van der Waals surface area contributed by atoms with Gasteiger partial charge in [0.05, 0.1) is 0 Å². The third kappa shape index (κ3) is 1.87. The fourth-order valence-electron chi connectivity index (χ4n) is 3.07. The largest absolute Gasteiger partial charge is 0.358 e. The Balaban J connectivity index is 2.03. The molecular formula is C15H20N2. The molecule has 3 rings (SSSR count). The van der Waals surface area contributed by atoms with E-state index in [9.17, 15) is 0 Å². The first-order chi connectivity index (χ1) is 8.28. The van der Waals surface area contributed by atoms with Crippen LogP contribution in [0.2, 0.25) is 0 Å². The summed E-state index contributed by atoms with van der Waals surface area (Å²) in [6, 6.07) is 6.76. The number of aryl methyl sites for hydroxylation is 2. The van der Waals surface area contributed by atoms with Crippen molar-refractivity contribution in [2.75, 3.05) is 13.6 Å². The van der Waals surface area contributed by atoms with E-state index in [-0.39, 0.29) is 0 Å². The fraction of sp³-hybridized carbons (Fsp3) is 0.467. The molecule has 1 aromatic heterocycles. The Kier molecular flexibility index (Phi) is 2.67. The predicted octanol–water partition coefficient (Wildman–Crippen LogP) is 2.80. The molecule has 2 N–H and O–H groups in total.